The van der Waals surface area contributed by atoms with E-state index in [1.807, 2.05) is 12.1 Å². The van der Waals surface area contributed by atoms with Crippen LogP contribution in [0, 0.1) is 11.3 Å². The molecule has 2 aromatic rings. The van der Waals surface area contributed by atoms with Crippen molar-refractivity contribution in [3.8, 4) is 17.6 Å². The predicted octanol–water partition coefficient (Wildman–Crippen LogP) is 3.06. The number of nitriles is 1. The third kappa shape index (κ3) is 3.36. The normalized spacial score (nSPS) is 9.60. The first-order valence-corrected chi connectivity index (χ1v) is 6.09. The number of carbonyl (C=O) groups is 1. The van der Waals surface area contributed by atoms with Crippen LogP contribution in [0.2, 0.25) is 0 Å². The highest BCUT2D eigenvalue weighted by molar-refractivity contribution is 5.70. The van der Waals surface area contributed by atoms with Gasteiger partial charge in [0.2, 0.25) is 0 Å². The second-order valence-electron chi connectivity index (χ2n) is 4.10. The van der Waals surface area contributed by atoms with Crippen molar-refractivity contribution in [3.05, 3.63) is 59.7 Å². The lowest BCUT2D eigenvalue weighted by molar-refractivity contribution is -0.132. The van der Waals surface area contributed by atoms with E-state index in [1.165, 1.54) is 6.92 Å². The van der Waals surface area contributed by atoms with Gasteiger partial charge in [0.25, 0.3) is 0 Å². The number of benzene rings is 2. The minimum absolute atomic E-state index is 0.238. The van der Waals surface area contributed by atoms with E-state index >= 15 is 0 Å². The number of hydrogen-bond donors (Lipinski definition) is 0. The smallest absolute Gasteiger partial charge is 0.308 e. The maximum atomic E-state index is 11.0. The molecule has 4 heteroatoms. The Hall–Kier alpha value is -2.80. The topological polar surface area (TPSA) is 59.3 Å². The van der Waals surface area contributed by atoms with E-state index in [1.54, 1.807) is 36.4 Å². The number of esters is 1. The van der Waals surface area contributed by atoms with Crippen molar-refractivity contribution in [2.24, 2.45) is 0 Å². The van der Waals surface area contributed by atoms with Crippen LogP contribution in [0.3, 0.4) is 0 Å². The quantitative estimate of drug-likeness (QED) is 0.631. The van der Waals surface area contributed by atoms with Crippen LogP contribution in [0.5, 0.6) is 11.5 Å². The Balaban J connectivity index is 2.15. The summed E-state index contributed by atoms with van der Waals surface area (Å²) in [4.78, 5) is 11.0. The minimum atomic E-state index is -0.404. The number of hydrogen-bond acceptors (Lipinski definition) is 4. The van der Waals surface area contributed by atoms with E-state index in [0.29, 0.717) is 17.1 Å². The third-order valence-electron chi connectivity index (χ3n) is 2.62. The predicted molar refractivity (Wildman–Crippen MR) is 73.2 cm³/mol. The number of carbonyl (C=O) groups excluding carboxylic acids is 1. The van der Waals surface area contributed by atoms with E-state index < -0.39 is 5.97 Å². The zero-order chi connectivity index (χ0) is 14.4. The zero-order valence-electron chi connectivity index (χ0n) is 11.0. The van der Waals surface area contributed by atoms with Crippen molar-refractivity contribution in [1.29, 1.82) is 5.26 Å². The van der Waals surface area contributed by atoms with Gasteiger partial charge < -0.3 is 9.47 Å². The molecule has 2 rings (SSSR count). The van der Waals surface area contributed by atoms with Crippen molar-refractivity contribution >= 4 is 5.97 Å². The molecule has 0 fully saturated rings. The summed E-state index contributed by atoms with van der Waals surface area (Å²) in [6.45, 7) is 1.57. The van der Waals surface area contributed by atoms with Crippen LogP contribution in [-0.2, 0) is 11.4 Å². The van der Waals surface area contributed by atoms with E-state index in [0.717, 1.165) is 5.56 Å². The van der Waals surface area contributed by atoms with E-state index in [4.69, 9.17) is 14.7 Å². The molecule has 0 amide bonds. The molecule has 20 heavy (non-hydrogen) atoms. The lowest BCUT2D eigenvalue weighted by Gasteiger charge is -2.11. The van der Waals surface area contributed by atoms with Gasteiger partial charge in [0.15, 0.2) is 11.5 Å². The average molecular weight is 267 g/mol. The summed E-state index contributed by atoms with van der Waals surface area (Å²) < 4.78 is 10.7. The molecule has 0 heterocycles. The SMILES string of the molecule is CC(=O)Oc1ccccc1OCc1ccccc1C#N. The summed E-state index contributed by atoms with van der Waals surface area (Å²) in [6.07, 6.45) is 0. The van der Waals surface area contributed by atoms with Gasteiger partial charge in [0, 0.05) is 12.5 Å². The molecule has 0 aliphatic rings. The van der Waals surface area contributed by atoms with Gasteiger partial charge in [-0.1, -0.05) is 30.3 Å². The maximum Gasteiger partial charge on any atom is 0.308 e. The summed E-state index contributed by atoms with van der Waals surface area (Å²) in [5.41, 5.74) is 1.35. The lowest BCUT2D eigenvalue weighted by atomic mass is 10.1. The molecule has 0 radical (unpaired) electrons. The van der Waals surface area contributed by atoms with E-state index in [-0.39, 0.29) is 6.61 Å². The van der Waals surface area contributed by atoms with Crippen LogP contribution in [0.25, 0.3) is 0 Å². The van der Waals surface area contributed by atoms with Crippen LogP contribution in [0.4, 0.5) is 0 Å². The second kappa shape index (κ2) is 6.39. The number of ether oxygens (including phenoxy) is 2. The van der Waals surface area contributed by atoms with Gasteiger partial charge in [-0.3, -0.25) is 4.79 Å². The lowest BCUT2D eigenvalue weighted by Crippen LogP contribution is -2.04. The maximum absolute atomic E-state index is 11.0. The Morgan fingerprint density at radius 2 is 1.75 bits per heavy atom. The zero-order valence-corrected chi connectivity index (χ0v) is 11.0. The molecule has 2 aromatic carbocycles. The van der Waals surface area contributed by atoms with Crippen LogP contribution < -0.4 is 9.47 Å². The summed E-state index contributed by atoms with van der Waals surface area (Å²) in [6, 6.07) is 16.2. The van der Waals surface area contributed by atoms with Crippen molar-refractivity contribution < 1.29 is 14.3 Å². The molecule has 0 unspecified atom stereocenters. The highest BCUT2D eigenvalue weighted by Crippen LogP contribution is 2.27. The monoisotopic (exact) mass is 267 g/mol. The molecule has 0 saturated heterocycles. The second-order valence-corrected chi connectivity index (χ2v) is 4.10. The largest absolute Gasteiger partial charge is 0.485 e. The molecule has 0 spiro atoms. The average Bonchev–Trinajstić information content (AvgIpc) is 2.46. The van der Waals surface area contributed by atoms with Crippen LogP contribution in [0.15, 0.2) is 48.5 Å². The Morgan fingerprint density at radius 3 is 2.45 bits per heavy atom. The first-order chi connectivity index (χ1) is 9.70. The van der Waals surface area contributed by atoms with Gasteiger partial charge in [0.05, 0.1) is 11.6 Å². The Bertz CT molecular complexity index is 659. The van der Waals surface area contributed by atoms with E-state index in [9.17, 15) is 4.79 Å². The Kier molecular flexibility index (Phi) is 4.35. The molecular weight excluding hydrogens is 254 g/mol. The summed E-state index contributed by atoms with van der Waals surface area (Å²) in [5.74, 6) is 0.434. The van der Waals surface area contributed by atoms with Crippen molar-refractivity contribution in [2.45, 2.75) is 13.5 Å². The fourth-order valence-corrected chi connectivity index (χ4v) is 1.72. The van der Waals surface area contributed by atoms with Gasteiger partial charge >= 0.3 is 5.97 Å². The van der Waals surface area contributed by atoms with Crippen LogP contribution >= 0.6 is 0 Å². The summed E-state index contributed by atoms with van der Waals surface area (Å²) in [7, 11) is 0. The van der Waals surface area contributed by atoms with Crippen molar-refractivity contribution in [2.75, 3.05) is 0 Å². The molecule has 0 bridgehead atoms. The summed E-state index contributed by atoms with van der Waals surface area (Å²) in [5, 5.41) is 9.01. The van der Waals surface area contributed by atoms with Gasteiger partial charge in [-0.25, -0.2) is 0 Å². The molecule has 0 atom stereocenters. The molecule has 0 aliphatic heterocycles. The summed E-state index contributed by atoms with van der Waals surface area (Å²) >= 11 is 0. The fraction of sp³-hybridized carbons (Fsp3) is 0.125. The number of para-hydroxylation sites is 2. The standard InChI is InChI=1S/C16H13NO3/c1-12(18)20-16-9-5-4-8-15(16)19-11-14-7-3-2-6-13(14)10-17/h2-9H,11H2,1H3. The van der Waals surface area contributed by atoms with Crippen molar-refractivity contribution in [3.63, 3.8) is 0 Å². The molecule has 0 saturated carbocycles. The Labute approximate surface area is 117 Å². The number of nitrogens with zero attached hydrogens (tertiary/aromatic N) is 1. The minimum Gasteiger partial charge on any atom is -0.485 e. The van der Waals surface area contributed by atoms with E-state index in [2.05, 4.69) is 6.07 Å². The Morgan fingerprint density at radius 1 is 1.10 bits per heavy atom. The van der Waals surface area contributed by atoms with Crippen molar-refractivity contribution in [1.82, 2.24) is 0 Å². The van der Waals surface area contributed by atoms with Gasteiger partial charge in [-0.15, -0.1) is 0 Å². The molecule has 100 valence electrons. The van der Waals surface area contributed by atoms with Gasteiger partial charge in [-0.05, 0) is 18.2 Å². The van der Waals surface area contributed by atoms with Crippen LogP contribution in [0.1, 0.15) is 18.1 Å². The highest BCUT2D eigenvalue weighted by atomic mass is 16.6. The fourth-order valence-electron chi connectivity index (χ4n) is 1.72. The first-order valence-electron chi connectivity index (χ1n) is 6.09. The van der Waals surface area contributed by atoms with Gasteiger partial charge in [0.1, 0.15) is 6.61 Å². The highest BCUT2D eigenvalue weighted by Gasteiger charge is 2.08. The van der Waals surface area contributed by atoms with Gasteiger partial charge in [-0.2, -0.15) is 5.26 Å². The third-order valence-corrected chi connectivity index (χ3v) is 2.62. The molecule has 0 N–H and O–H groups in total. The molecule has 0 aliphatic carbocycles. The first kappa shape index (κ1) is 13.6. The number of rotatable bonds is 4. The molecular formula is C16H13NO3. The van der Waals surface area contributed by atoms with Crippen LogP contribution in [-0.4, -0.2) is 5.97 Å². The molecule has 4 nitrogen and oxygen atoms in total. The molecule has 0 aromatic heterocycles.